The van der Waals surface area contributed by atoms with Gasteiger partial charge in [0.2, 0.25) is 0 Å². The molecule has 1 aromatic heterocycles. The van der Waals surface area contributed by atoms with E-state index in [0.29, 0.717) is 11.6 Å². The van der Waals surface area contributed by atoms with Crippen LogP contribution in [0.5, 0.6) is 0 Å². The Kier molecular flexibility index (Phi) is 2.37. The van der Waals surface area contributed by atoms with Gasteiger partial charge < -0.3 is 5.73 Å². The topological polar surface area (TPSA) is 63.8 Å². The zero-order valence-electron chi connectivity index (χ0n) is 9.58. The van der Waals surface area contributed by atoms with E-state index >= 15 is 0 Å². The molecule has 0 aromatic carbocycles. The molecule has 2 rings (SSSR count). The molecule has 1 saturated carbocycles. The van der Waals surface area contributed by atoms with Crippen molar-refractivity contribution < 1.29 is 0 Å². The molecule has 1 aliphatic rings. The van der Waals surface area contributed by atoms with E-state index in [4.69, 9.17) is 5.73 Å². The third kappa shape index (κ3) is 1.68. The van der Waals surface area contributed by atoms with E-state index in [-0.39, 0.29) is 17.5 Å². The lowest BCUT2D eigenvalue weighted by molar-refractivity contribution is 0.425. The first-order chi connectivity index (χ1) is 7.02. The molecule has 1 aromatic rings. The summed E-state index contributed by atoms with van der Waals surface area (Å²) in [5.41, 5.74) is 7.00. The van der Waals surface area contributed by atoms with Crippen LogP contribution in [0.25, 0.3) is 0 Å². The maximum atomic E-state index is 11.9. The van der Waals surface area contributed by atoms with Crippen molar-refractivity contribution in [1.82, 2.24) is 9.78 Å². The summed E-state index contributed by atoms with van der Waals surface area (Å²) in [5, 5.41) is 3.15. The molecule has 1 fully saturated rings. The summed E-state index contributed by atoms with van der Waals surface area (Å²) in [6, 6.07) is 0.257. The van der Waals surface area contributed by atoms with Gasteiger partial charge in [0.15, 0.2) is 0 Å². The van der Waals surface area contributed by atoms with Gasteiger partial charge in [0, 0.05) is 0 Å². The van der Waals surface area contributed by atoms with E-state index in [9.17, 15) is 4.79 Å². The van der Waals surface area contributed by atoms with Crippen molar-refractivity contribution in [3.63, 3.8) is 0 Å². The molecule has 15 heavy (non-hydrogen) atoms. The normalized spacial score (nSPS) is 18.4. The zero-order chi connectivity index (χ0) is 11.2. The molecular weight excluding hydrogens is 190 g/mol. The van der Waals surface area contributed by atoms with Crippen LogP contribution >= 0.6 is 0 Å². The van der Waals surface area contributed by atoms with E-state index in [1.54, 1.807) is 4.68 Å². The smallest absolute Gasteiger partial charge is 0.290 e. The van der Waals surface area contributed by atoms with Crippen LogP contribution in [0.3, 0.4) is 0 Å². The SMILES string of the molecule is CC(C)c1[nH]n(C(C)C2CC2)c(=O)c1N. The molecule has 0 bridgehead atoms. The van der Waals surface area contributed by atoms with Crippen molar-refractivity contribution in [3.8, 4) is 0 Å². The number of nitrogens with zero attached hydrogens (tertiary/aromatic N) is 1. The second kappa shape index (κ2) is 3.43. The van der Waals surface area contributed by atoms with Gasteiger partial charge in [-0.2, -0.15) is 0 Å². The molecule has 0 amide bonds. The molecule has 4 heteroatoms. The summed E-state index contributed by atoms with van der Waals surface area (Å²) in [6.45, 7) is 6.15. The van der Waals surface area contributed by atoms with Crippen LogP contribution in [0.2, 0.25) is 0 Å². The summed E-state index contributed by atoms with van der Waals surface area (Å²) in [4.78, 5) is 11.9. The highest BCUT2D eigenvalue weighted by Crippen LogP contribution is 2.38. The second-order valence-electron chi connectivity index (χ2n) is 4.85. The predicted molar refractivity (Wildman–Crippen MR) is 61.0 cm³/mol. The minimum atomic E-state index is -0.0573. The average Bonchev–Trinajstić information content (AvgIpc) is 2.95. The van der Waals surface area contributed by atoms with E-state index in [0.717, 1.165) is 5.69 Å². The Morgan fingerprint density at radius 2 is 2.00 bits per heavy atom. The lowest BCUT2D eigenvalue weighted by atomic mass is 10.1. The lowest BCUT2D eigenvalue weighted by Crippen LogP contribution is -2.23. The molecule has 3 N–H and O–H groups in total. The second-order valence-corrected chi connectivity index (χ2v) is 4.85. The van der Waals surface area contributed by atoms with Crippen molar-refractivity contribution in [2.24, 2.45) is 5.92 Å². The number of hydrogen-bond donors (Lipinski definition) is 2. The van der Waals surface area contributed by atoms with Crippen LogP contribution in [-0.2, 0) is 0 Å². The Bertz CT molecular complexity index is 412. The summed E-state index contributed by atoms with van der Waals surface area (Å²) < 4.78 is 1.70. The molecule has 1 unspecified atom stereocenters. The third-order valence-electron chi connectivity index (χ3n) is 3.27. The molecule has 0 radical (unpaired) electrons. The Morgan fingerprint density at radius 1 is 1.40 bits per heavy atom. The Balaban J connectivity index is 2.39. The van der Waals surface area contributed by atoms with Gasteiger partial charge >= 0.3 is 0 Å². The average molecular weight is 209 g/mol. The maximum absolute atomic E-state index is 11.9. The van der Waals surface area contributed by atoms with Crippen molar-refractivity contribution >= 4 is 5.69 Å². The summed E-state index contributed by atoms with van der Waals surface area (Å²) in [5.74, 6) is 0.922. The summed E-state index contributed by atoms with van der Waals surface area (Å²) >= 11 is 0. The predicted octanol–water partition coefficient (Wildman–Crippen LogP) is 1.85. The quantitative estimate of drug-likeness (QED) is 0.798. The first-order valence-corrected chi connectivity index (χ1v) is 5.62. The molecule has 0 saturated heterocycles. The maximum Gasteiger partial charge on any atom is 0.290 e. The van der Waals surface area contributed by atoms with Gasteiger partial charge in [-0.1, -0.05) is 13.8 Å². The molecular formula is C11H19N3O. The Morgan fingerprint density at radius 3 is 2.40 bits per heavy atom. The highest BCUT2D eigenvalue weighted by molar-refractivity contribution is 5.42. The highest BCUT2D eigenvalue weighted by Gasteiger charge is 2.31. The molecule has 0 spiro atoms. The number of aromatic nitrogens is 2. The fourth-order valence-electron chi connectivity index (χ4n) is 2.00. The van der Waals surface area contributed by atoms with Crippen LogP contribution < -0.4 is 11.3 Å². The van der Waals surface area contributed by atoms with Crippen LogP contribution in [0, 0.1) is 5.92 Å². The van der Waals surface area contributed by atoms with Gasteiger partial charge in [0.25, 0.3) is 5.56 Å². The minimum absolute atomic E-state index is 0.0573. The number of nitrogens with two attached hydrogens (primary N) is 1. The number of rotatable bonds is 3. The molecule has 1 aliphatic carbocycles. The number of H-pyrrole nitrogens is 1. The van der Waals surface area contributed by atoms with E-state index in [1.807, 2.05) is 13.8 Å². The van der Waals surface area contributed by atoms with E-state index in [1.165, 1.54) is 12.8 Å². The van der Waals surface area contributed by atoms with Crippen LogP contribution in [-0.4, -0.2) is 9.78 Å². The molecule has 4 nitrogen and oxygen atoms in total. The molecule has 1 atom stereocenters. The van der Waals surface area contributed by atoms with Crippen LogP contribution in [0.15, 0.2) is 4.79 Å². The van der Waals surface area contributed by atoms with Crippen LogP contribution in [0.4, 0.5) is 5.69 Å². The lowest BCUT2D eigenvalue weighted by Gasteiger charge is -2.10. The highest BCUT2D eigenvalue weighted by atomic mass is 16.1. The number of hydrogen-bond acceptors (Lipinski definition) is 2. The number of anilines is 1. The fraction of sp³-hybridized carbons (Fsp3) is 0.727. The van der Waals surface area contributed by atoms with Gasteiger partial charge in [0.05, 0.1) is 11.7 Å². The monoisotopic (exact) mass is 209 g/mol. The van der Waals surface area contributed by atoms with Crippen molar-refractivity contribution in [3.05, 3.63) is 16.0 Å². The fourth-order valence-corrected chi connectivity index (χ4v) is 2.00. The molecule has 84 valence electrons. The summed E-state index contributed by atoms with van der Waals surface area (Å²) in [6.07, 6.45) is 2.45. The number of aromatic amines is 1. The summed E-state index contributed by atoms with van der Waals surface area (Å²) in [7, 11) is 0. The Hall–Kier alpha value is -1.19. The Labute approximate surface area is 89.5 Å². The van der Waals surface area contributed by atoms with Gasteiger partial charge in [-0.3, -0.25) is 9.89 Å². The van der Waals surface area contributed by atoms with Gasteiger partial charge in [-0.15, -0.1) is 0 Å². The van der Waals surface area contributed by atoms with E-state index in [2.05, 4.69) is 12.0 Å². The van der Waals surface area contributed by atoms with Gasteiger partial charge in [-0.05, 0) is 31.6 Å². The number of nitrogen functional groups attached to an aromatic ring is 1. The molecule has 1 heterocycles. The standard InChI is InChI=1S/C11H19N3O/c1-6(2)10-9(12)11(15)14(13-10)7(3)8-4-5-8/h6-8,13H,4-5,12H2,1-3H3. The van der Waals surface area contributed by atoms with Crippen LogP contribution in [0.1, 0.15) is 51.3 Å². The molecule has 0 aliphatic heterocycles. The van der Waals surface area contributed by atoms with Crippen molar-refractivity contribution in [2.75, 3.05) is 5.73 Å². The van der Waals surface area contributed by atoms with Gasteiger partial charge in [0.1, 0.15) is 5.69 Å². The van der Waals surface area contributed by atoms with Gasteiger partial charge in [-0.25, -0.2) is 4.68 Å². The van der Waals surface area contributed by atoms with Crippen molar-refractivity contribution in [1.29, 1.82) is 0 Å². The first-order valence-electron chi connectivity index (χ1n) is 5.62. The third-order valence-corrected chi connectivity index (χ3v) is 3.27. The number of nitrogens with one attached hydrogen (secondary N) is 1. The zero-order valence-corrected chi connectivity index (χ0v) is 9.58. The van der Waals surface area contributed by atoms with E-state index < -0.39 is 0 Å². The first kappa shape index (κ1) is 10.3. The largest absolute Gasteiger partial charge is 0.393 e. The minimum Gasteiger partial charge on any atom is -0.393 e. The van der Waals surface area contributed by atoms with Crippen molar-refractivity contribution in [2.45, 2.75) is 45.6 Å².